The minimum atomic E-state index is -0.397. The highest BCUT2D eigenvalue weighted by atomic mass is 79.9. The first-order chi connectivity index (χ1) is 9.47. The van der Waals surface area contributed by atoms with Gasteiger partial charge in [0.05, 0.1) is 0 Å². The maximum absolute atomic E-state index is 11.0. The summed E-state index contributed by atoms with van der Waals surface area (Å²) in [5.41, 5.74) is 9.37. The number of carbonyl (C=O) groups excluding carboxylic acids is 1. The molecule has 0 fully saturated rings. The molecule has 0 radical (unpaired) electrons. The van der Waals surface area contributed by atoms with Crippen molar-refractivity contribution in [1.29, 1.82) is 0 Å². The molecule has 2 nitrogen and oxygen atoms in total. The van der Waals surface area contributed by atoms with E-state index in [0.717, 1.165) is 22.3 Å². The van der Waals surface area contributed by atoms with Crippen molar-refractivity contribution in [2.24, 2.45) is 5.73 Å². The van der Waals surface area contributed by atoms with Crippen LogP contribution in [0, 0.1) is 6.92 Å². The van der Waals surface area contributed by atoms with E-state index in [0.29, 0.717) is 5.56 Å². The summed E-state index contributed by atoms with van der Waals surface area (Å²) in [7, 11) is 0. The highest BCUT2D eigenvalue weighted by Crippen LogP contribution is 2.26. The fourth-order valence-corrected chi connectivity index (χ4v) is 2.95. The Morgan fingerprint density at radius 3 is 2.45 bits per heavy atom. The van der Waals surface area contributed by atoms with Crippen LogP contribution in [-0.4, -0.2) is 5.91 Å². The third kappa shape index (κ3) is 3.62. The summed E-state index contributed by atoms with van der Waals surface area (Å²) < 4.78 is 1.03. The summed E-state index contributed by atoms with van der Waals surface area (Å²) in [5, 5.41) is 0.738. The summed E-state index contributed by atoms with van der Waals surface area (Å²) in [6.45, 7) is 2.08. The van der Waals surface area contributed by atoms with Gasteiger partial charge >= 0.3 is 0 Å². The van der Waals surface area contributed by atoms with Gasteiger partial charge in [-0.1, -0.05) is 39.7 Å². The smallest absolute Gasteiger partial charge is 0.248 e. The van der Waals surface area contributed by atoms with Crippen molar-refractivity contribution in [1.82, 2.24) is 0 Å². The Hall–Kier alpha value is -1.32. The van der Waals surface area contributed by atoms with Gasteiger partial charge in [0.1, 0.15) is 0 Å². The summed E-state index contributed by atoms with van der Waals surface area (Å²) in [5.74, 6) is -0.397. The minimum absolute atomic E-state index is 0.397. The Labute approximate surface area is 132 Å². The van der Waals surface area contributed by atoms with Gasteiger partial charge in [0.25, 0.3) is 0 Å². The lowest BCUT2D eigenvalue weighted by atomic mass is 10.00. The molecule has 20 heavy (non-hydrogen) atoms. The monoisotopic (exact) mass is 351 g/mol. The Balaban J connectivity index is 2.11. The molecule has 0 saturated heterocycles. The van der Waals surface area contributed by atoms with Crippen molar-refractivity contribution in [3.8, 4) is 0 Å². The van der Waals surface area contributed by atoms with Gasteiger partial charge in [-0.15, -0.1) is 0 Å². The number of aryl methyl sites for hydroxylation is 2. The summed E-state index contributed by atoms with van der Waals surface area (Å²) in [6.07, 6.45) is 1.80. The first kappa shape index (κ1) is 15.1. The molecule has 4 heteroatoms. The van der Waals surface area contributed by atoms with Crippen LogP contribution < -0.4 is 5.73 Å². The van der Waals surface area contributed by atoms with Crippen LogP contribution in [0.3, 0.4) is 0 Å². The molecule has 0 aromatic heterocycles. The highest BCUT2D eigenvalue weighted by Gasteiger charge is 2.06. The van der Waals surface area contributed by atoms with E-state index in [1.807, 2.05) is 24.3 Å². The van der Waals surface area contributed by atoms with Crippen LogP contribution in [-0.2, 0) is 12.8 Å². The molecular weight excluding hydrogens is 338 g/mol. The van der Waals surface area contributed by atoms with Gasteiger partial charge in [0.15, 0.2) is 0 Å². The molecule has 0 aliphatic carbocycles. The second-order valence-corrected chi connectivity index (χ2v) is 6.02. The zero-order valence-corrected chi connectivity index (χ0v) is 13.5. The van der Waals surface area contributed by atoms with E-state index in [2.05, 4.69) is 22.9 Å². The lowest BCUT2D eigenvalue weighted by molar-refractivity contribution is 0.100. The fraction of sp³-hybridized carbons (Fsp3) is 0.188. The van der Waals surface area contributed by atoms with Gasteiger partial charge in [0.2, 0.25) is 5.91 Å². The molecule has 2 rings (SSSR count). The fourth-order valence-electron chi connectivity index (χ4n) is 2.07. The largest absolute Gasteiger partial charge is 0.366 e. The van der Waals surface area contributed by atoms with Gasteiger partial charge in [-0.05, 0) is 60.7 Å². The van der Waals surface area contributed by atoms with Crippen LogP contribution in [0.25, 0.3) is 0 Å². The average Bonchev–Trinajstić information content (AvgIpc) is 2.41. The molecule has 2 N–H and O–H groups in total. The van der Waals surface area contributed by atoms with Crippen LogP contribution in [0.1, 0.15) is 27.0 Å². The molecule has 0 spiro atoms. The molecule has 104 valence electrons. The van der Waals surface area contributed by atoms with Crippen LogP contribution in [0.5, 0.6) is 0 Å². The lowest BCUT2D eigenvalue weighted by Crippen LogP contribution is -2.10. The number of carbonyl (C=O) groups is 1. The summed E-state index contributed by atoms with van der Waals surface area (Å²) in [4.78, 5) is 11.0. The van der Waals surface area contributed by atoms with E-state index in [4.69, 9.17) is 17.3 Å². The van der Waals surface area contributed by atoms with Crippen molar-refractivity contribution in [2.45, 2.75) is 19.8 Å². The van der Waals surface area contributed by atoms with E-state index in [1.165, 1.54) is 16.7 Å². The molecule has 0 aliphatic rings. The van der Waals surface area contributed by atoms with Crippen molar-refractivity contribution in [2.75, 3.05) is 0 Å². The van der Waals surface area contributed by atoms with E-state index in [1.54, 1.807) is 12.1 Å². The van der Waals surface area contributed by atoms with Crippen molar-refractivity contribution >= 4 is 33.4 Å². The first-order valence-corrected chi connectivity index (χ1v) is 7.47. The number of hydrogen-bond acceptors (Lipinski definition) is 1. The SMILES string of the molecule is Cc1c(Br)cc(Cl)cc1CCc1ccc(C(N)=O)cc1. The van der Waals surface area contributed by atoms with Crippen LogP contribution in [0.15, 0.2) is 40.9 Å². The van der Waals surface area contributed by atoms with Gasteiger partial charge in [-0.25, -0.2) is 0 Å². The van der Waals surface area contributed by atoms with Gasteiger partial charge in [-0.2, -0.15) is 0 Å². The number of rotatable bonds is 4. The maximum Gasteiger partial charge on any atom is 0.248 e. The Kier molecular flexibility index (Phi) is 4.84. The van der Waals surface area contributed by atoms with E-state index < -0.39 is 5.91 Å². The molecule has 2 aromatic rings. The number of hydrogen-bond donors (Lipinski definition) is 1. The molecule has 1 amide bonds. The van der Waals surface area contributed by atoms with Crippen molar-refractivity contribution in [3.05, 3.63) is 68.1 Å². The molecule has 0 heterocycles. The molecule has 0 aliphatic heterocycles. The number of amides is 1. The first-order valence-electron chi connectivity index (χ1n) is 6.30. The molecule has 2 aromatic carbocycles. The molecule has 0 unspecified atom stereocenters. The van der Waals surface area contributed by atoms with Gasteiger partial charge in [-0.3, -0.25) is 4.79 Å². The van der Waals surface area contributed by atoms with Crippen LogP contribution in [0.2, 0.25) is 5.02 Å². The molecule has 0 saturated carbocycles. The normalized spacial score (nSPS) is 10.6. The lowest BCUT2D eigenvalue weighted by Gasteiger charge is -2.09. The molecule has 0 atom stereocenters. The third-order valence-corrected chi connectivity index (χ3v) is 4.38. The Morgan fingerprint density at radius 2 is 1.85 bits per heavy atom. The van der Waals surface area contributed by atoms with Gasteiger partial charge < -0.3 is 5.73 Å². The zero-order valence-electron chi connectivity index (χ0n) is 11.1. The van der Waals surface area contributed by atoms with E-state index >= 15 is 0 Å². The standard InChI is InChI=1S/C16H15BrClNO/c1-10-13(8-14(18)9-15(10)17)7-4-11-2-5-12(6-3-11)16(19)20/h2-3,5-6,8-9H,4,7H2,1H3,(H2,19,20). The number of halogens is 2. The minimum Gasteiger partial charge on any atom is -0.366 e. The second-order valence-electron chi connectivity index (χ2n) is 4.73. The highest BCUT2D eigenvalue weighted by molar-refractivity contribution is 9.10. The topological polar surface area (TPSA) is 43.1 Å². The number of nitrogens with two attached hydrogens (primary N) is 1. The molecule has 0 bridgehead atoms. The Morgan fingerprint density at radius 1 is 1.20 bits per heavy atom. The third-order valence-electron chi connectivity index (χ3n) is 3.34. The van der Waals surface area contributed by atoms with E-state index in [-0.39, 0.29) is 0 Å². The number of primary amides is 1. The van der Waals surface area contributed by atoms with Crippen molar-refractivity contribution in [3.63, 3.8) is 0 Å². The zero-order chi connectivity index (χ0) is 14.7. The number of benzene rings is 2. The predicted molar refractivity (Wildman–Crippen MR) is 86.3 cm³/mol. The summed E-state index contributed by atoms with van der Waals surface area (Å²) in [6, 6.07) is 11.3. The Bertz CT molecular complexity index is 638. The predicted octanol–water partition coefficient (Wildman–Crippen LogP) is 4.30. The maximum atomic E-state index is 11.0. The van der Waals surface area contributed by atoms with Crippen LogP contribution in [0.4, 0.5) is 0 Å². The molecular formula is C16H15BrClNO. The average molecular weight is 353 g/mol. The van der Waals surface area contributed by atoms with Crippen LogP contribution >= 0.6 is 27.5 Å². The summed E-state index contributed by atoms with van der Waals surface area (Å²) >= 11 is 9.59. The van der Waals surface area contributed by atoms with Crippen molar-refractivity contribution < 1.29 is 4.79 Å². The van der Waals surface area contributed by atoms with Gasteiger partial charge in [0, 0.05) is 15.1 Å². The quantitative estimate of drug-likeness (QED) is 0.876. The van der Waals surface area contributed by atoms with E-state index in [9.17, 15) is 4.79 Å². The second kappa shape index (κ2) is 6.42.